The summed E-state index contributed by atoms with van der Waals surface area (Å²) >= 11 is 7.85. The first-order chi connectivity index (χ1) is 11.2. The van der Waals surface area contributed by atoms with Crippen LogP contribution in [0.15, 0.2) is 36.5 Å². The van der Waals surface area contributed by atoms with Crippen molar-refractivity contribution >= 4 is 44.2 Å². The number of thiazole rings is 1. The van der Waals surface area contributed by atoms with Crippen molar-refractivity contribution in [2.75, 3.05) is 7.11 Å². The van der Waals surface area contributed by atoms with Gasteiger partial charge in [-0.3, -0.25) is 0 Å². The van der Waals surface area contributed by atoms with Crippen molar-refractivity contribution in [1.82, 2.24) is 15.0 Å². The maximum absolute atomic E-state index is 6.25. The average Bonchev–Trinajstić information content (AvgIpc) is 2.99. The van der Waals surface area contributed by atoms with Crippen molar-refractivity contribution in [3.05, 3.63) is 47.1 Å². The SMILES string of the molecule is COc1cnc2c(-c3nc4c(Cl)cccc4s3)cc(C)cc2n1. The van der Waals surface area contributed by atoms with Crippen LogP contribution in [0.4, 0.5) is 0 Å². The Morgan fingerprint density at radius 1 is 1.13 bits per heavy atom. The van der Waals surface area contributed by atoms with Gasteiger partial charge in [-0.15, -0.1) is 11.3 Å². The van der Waals surface area contributed by atoms with E-state index in [-0.39, 0.29) is 0 Å². The zero-order valence-electron chi connectivity index (χ0n) is 12.5. The van der Waals surface area contributed by atoms with Gasteiger partial charge in [0.2, 0.25) is 5.88 Å². The lowest BCUT2D eigenvalue weighted by molar-refractivity contribution is 0.397. The maximum Gasteiger partial charge on any atom is 0.232 e. The minimum atomic E-state index is 0.501. The number of benzene rings is 2. The highest BCUT2D eigenvalue weighted by molar-refractivity contribution is 7.21. The molecule has 4 aromatic rings. The fraction of sp³-hybridized carbons (Fsp3) is 0.118. The summed E-state index contributed by atoms with van der Waals surface area (Å²) in [7, 11) is 1.59. The van der Waals surface area contributed by atoms with E-state index in [0.29, 0.717) is 10.9 Å². The number of para-hydroxylation sites is 1. The molecule has 0 amide bonds. The molecular formula is C17H12ClN3OS. The van der Waals surface area contributed by atoms with Gasteiger partial charge in [0.25, 0.3) is 0 Å². The Labute approximate surface area is 141 Å². The molecule has 0 saturated heterocycles. The Morgan fingerprint density at radius 3 is 2.78 bits per heavy atom. The Hall–Kier alpha value is -2.24. The molecular weight excluding hydrogens is 330 g/mol. The van der Waals surface area contributed by atoms with E-state index < -0.39 is 0 Å². The molecule has 0 atom stereocenters. The number of ether oxygens (including phenoxy) is 1. The van der Waals surface area contributed by atoms with E-state index in [9.17, 15) is 0 Å². The lowest BCUT2D eigenvalue weighted by Crippen LogP contribution is -1.93. The van der Waals surface area contributed by atoms with Crippen LogP contribution in [0.25, 0.3) is 31.8 Å². The molecule has 2 aromatic carbocycles. The van der Waals surface area contributed by atoms with Gasteiger partial charge in [-0.1, -0.05) is 17.7 Å². The molecule has 4 rings (SSSR count). The molecule has 0 aliphatic rings. The number of methoxy groups -OCH3 is 1. The van der Waals surface area contributed by atoms with E-state index in [0.717, 1.165) is 37.4 Å². The molecule has 2 heterocycles. The number of hydrogen-bond donors (Lipinski definition) is 0. The van der Waals surface area contributed by atoms with E-state index in [1.165, 1.54) is 0 Å². The van der Waals surface area contributed by atoms with Crippen LogP contribution in [0, 0.1) is 6.92 Å². The topological polar surface area (TPSA) is 47.9 Å². The molecule has 0 spiro atoms. The predicted molar refractivity (Wildman–Crippen MR) is 94.5 cm³/mol. The second kappa shape index (κ2) is 5.44. The summed E-state index contributed by atoms with van der Waals surface area (Å²) in [6.45, 7) is 2.03. The highest BCUT2D eigenvalue weighted by atomic mass is 35.5. The van der Waals surface area contributed by atoms with Gasteiger partial charge in [0.1, 0.15) is 10.5 Å². The lowest BCUT2D eigenvalue weighted by Gasteiger charge is -2.06. The second-order valence-electron chi connectivity index (χ2n) is 5.20. The van der Waals surface area contributed by atoms with Crippen LogP contribution < -0.4 is 4.74 Å². The summed E-state index contributed by atoms with van der Waals surface area (Å²) < 4.78 is 6.23. The van der Waals surface area contributed by atoms with Crippen LogP contribution in [0.3, 0.4) is 0 Å². The molecule has 2 aromatic heterocycles. The minimum absolute atomic E-state index is 0.501. The van der Waals surface area contributed by atoms with E-state index >= 15 is 0 Å². The highest BCUT2D eigenvalue weighted by Gasteiger charge is 2.14. The van der Waals surface area contributed by atoms with Crippen molar-refractivity contribution in [3.8, 4) is 16.5 Å². The normalized spacial score (nSPS) is 11.3. The fourth-order valence-corrected chi connectivity index (χ4v) is 3.82. The van der Waals surface area contributed by atoms with Gasteiger partial charge in [0.15, 0.2) is 0 Å². The van der Waals surface area contributed by atoms with Crippen molar-refractivity contribution in [2.24, 2.45) is 0 Å². The summed E-state index contributed by atoms with van der Waals surface area (Å²) in [6.07, 6.45) is 1.63. The van der Waals surface area contributed by atoms with E-state index in [1.807, 2.05) is 31.2 Å². The Bertz CT molecular complexity index is 1040. The van der Waals surface area contributed by atoms with E-state index in [1.54, 1.807) is 24.6 Å². The molecule has 114 valence electrons. The van der Waals surface area contributed by atoms with Crippen LogP contribution in [-0.2, 0) is 0 Å². The Kier molecular flexibility index (Phi) is 3.39. The average molecular weight is 342 g/mol. The largest absolute Gasteiger partial charge is 0.480 e. The molecule has 4 nitrogen and oxygen atoms in total. The first kappa shape index (κ1) is 14.4. The molecule has 0 aliphatic carbocycles. The van der Waals surface area contributed by atoms with Gasteiger partial charge in [-0.25, -0.2) is 15.0 Å². The van der Waals surface area contributed by atoms with Crippen LogP contribution >= 0.6 is 22.9 Å². The fourth-order valence-electron chi connectivity index (χ4n) is 2.54. The van der Waals surface area contributed by atoms with E-state index in [2.05, 4.69) is 16.0 Å². The van der Waals surface area contributed by atoms with Crippen molar-refractivity contribution < 1.29 is 4.74 Å². The summed E-state index contributed by atoms with van der Waals surface area (Å²) in [6, 6.07) is 9.89. The van der Waals surface area contributed by atoms with Gasteiger partial charge in [0.05, 0.1) is 34.1 Å². The van der Waals surface area contributed by atoms with Crippen molar-refractivity contribution in [2.45, 2.75) is 6.92 Å². The molecule has 0 bridgehead atoms. The number of fused-ring (bicyclic) bond motifs is 2. The number of aryl methyl sites for hydroxylation is 1. The summed E-state index contributed by atoms with van der Waals surface area (Å²) in [5.74, 6) is 0.501. The van der Waals surface area contributed by atoms with Crippen molar-refractivity contribution in [1.29, 1.82) is 0 Å². The molecule has 0 saturated carbocycles. The van der Waals surface area contributed by atoms with Crippen molar-refractivity contribution in [3.63, 3.8) is 0 Å². The highest BCUT2D eigenvalue weighted by Crippen LogP contribution is 2.36. The maximum atomic E-state index is 6.25. The first-order valence-electron chi connectivity index (χ1n) is 7.02. The Balaban J connectivity index is 2.01. The zero-order valence-corrected chi connectivity index (χ0v) is 14.1. The summed E-state index contributed by atoms with van der Waals surface area (Å²) in [4.78, 5) is 13.7. The molecule has 0 unspecified atom stereocenters. The Morgan fingerprint density at radius 2 is 2.00 bits per heavy atom. The van der Waals surface area contributed by atoms with Gasteiger partial charge in [0, 0.05) is 5.56 Å². The van der Waals surface area contributed by atoms with Crippen LogP contribution in [-0.4, -0.2) is 22.1 Å². The molecule has 6 heteroatoms. The third-order valence-corrected chi connectivity index (χ3v) is 4.94. The van der Waals surface area contributed by atoms with Crippen LogP contribution in [0.1, 0.15) is 5.56 Å². The molecule has 23 heavy (non-hydrogen) atoms. The predicted octanol–water partition coefficient (Wildman–Crippen LogP) is 4.88. The van der Waals surface area contributed by atoms with Gasteiger partial charge < -0.3 is 4.74 Å². The zero-order chi connectivity index (χ0) is 16.0. The number of rotatable bonds is 2. The second-order valence-corrected chi connectivity index (χ2v) is 6.64. The van der Waals surface area contributed by atoms with Crippen LogP contribution in [0.2, 0.25) is 5.02 Å². The first-order valence-corrected chi connectivity index (χ1v) is 8.22. The standard InChI is InChI=1S/C17H12ClN3OS/c1-9-6-10(15-12(7-9)20-14(22-2)8-19-15)17-21-16-11(18)4-3-5-13(16)23-17/h3-8H,1-2H3. The van der Waals surface area contributed by atoms with Crippen LogP contribution in [0.5, 0.6) is 5.88 Å². The summed E-state index contributed by atoms with van der Waals surface area (Å²) in [5, 5.41) is 1.55. The number of hydrogen-bond acceptors (Lipinski definition) is 5. The van der Waals surface area contributed by atoms with Gasteiger partial charge in [-0.05, 0) is 36.8 Å². The third kappa shape index (κ3) is 2.42. The van der Waals surface area contributed by atoms with Gasteiger partial charge in [-0.2, -0.15) is 0 Å². The number of halogens is 1. The van der Waals surface area contributed by atoms with Gasteiger partial charge >= 0.3 is 0 Å². The molecule has 0 radical (unpaired) electrons. The molecule has 0 aliphatic heterocycles. The lowest BCUT2D eigenvalue weighted by atomic mass is 10.1. The third-order valence-electron chi connectivity index (χ3n) is 3.58. The summed E-state index contributed by atoms with van der Waals surface area (Å²) in [5.41, 5.74) is 4.49. The minimum Gasteiger partial charge on any atom is -0.480 e. The monoisotopic (exact) mass is 341 g/mol. The molecule has 0 N–H and O–H groups in total. The number of aromatic nitrogens is 3. The number of nitrogens with zero attached hydrogens (tertiary/aromatic N) is 3. The quantitative estimate of drug-likeness (QED) is 0.521. The van der Waals surface area contributed by atoms with E-state index in [4.69, 9.17) is 21.3 Å². The molecule has 0 fully saturated rings. The smallest absolute Gasteiger partial charge is 0.232 e.